The van der Waals surface area contributed by atoms with E-state index in [2.05, 4.69) is 20.9 Å². The minimum absolute atomic E-state index is 0.463. The molecule has 0 radical (unpaired) electrons. The molecule has 16 heavy (non-hydrogen) atoms. The van der Waals surface area contributed by atoms with Crippen LogP contribution in [0, 0.1) is 0 Å². The third-order valence-corrected chi connectivity index (χ3v) is 3.45. The number of hydrogen-bond acceptors (Lipinski definition) is 2. The second-order valence-electron chi connectivity index (χ2n) is 3.03. The summed E-state index contributed by atoms with van der Waals surface area (Å²) in [7, 11) is 0. The van der Waals surface area contributed by atoms with Gasteiger partial charge in [-0.1, -0.05) is 15.9 Å². The molecule has 0 spiro atoms. The summed E-state index contributed by atoms with van der Waals surface area (Å²) in [5.41, 5.74) is -0.203. The first-order chi connectivity index (χ1) is 7.48. The highest BCUT2D eigenvalue weighted by atomic mass is 79.9. The van der Waals surface area contributed by atoms with Crippen molar-refractivity contribution in [1.29, 1.82) is 0 Å². The monoisotopic (exact) mass is 307 g/mol. The van der Waals surface area contributed by atoms with Gasteiger partial charge in [-0.2, -0.15) is 13.2 Å². The molecule has 0 saturated heterocycles. The van der Waals surface area contributed by atoms with Gasteiger partial charge in [-0.05, 0) is 18.2 Å². The van der Waals surface area contributed by atoms with Gasteiger partial charge in [0.1, 0.15) is 5.01 Å². The van der Waals surface area contributed by atoms with E-state index >= 15 is 0 Å². The minimum Gasteiger partial charge on any atom is -0.245 e. The van der Waals surface area contributed by atoms with Gasteiger partial charge in [0.15, 0.2) is 0 Å². The molecule has 0 fully saturated rings. The highest BCUT2D eigenvalue weighted by Gasteiger charge is 2.31. The number of halogens is 4. The molecule has 0 saturated carbocycles. The fourth-order valence-electron chi connectivity index (χ4n) is 1.22. The average molecular weight is 308 g/mol. The van der Waals surface area contributed by atoms with Gasteiger partial charge in [0.05, 0.1) is 5.56 Å². The van der Waals surface area contributed by atoms with E-state index in [1.807, 2.05) is 0 Å². The van der Waals surface area contributed by atoms with Crippen molar-refractivity contribution < 1.29 is 13.2 Å². The Balaban J connectivity index is 2.54. The van der Waals surface area contributed by atoms with Crippen molar-refractivity contribution in [2.75, 3.05) is 0 Å². The quantitative estimate of drug-likeness (QED) is 0.751. The first kappa shape index (κ1) is 11.6. The molecule has 0 atom stereocenters. The minimum atomic E-state index is -4.33. The van der Waals surface area contributed by atoms with Crippen LogP contribution in [0.3, 0.4) is 0 Å². The van der Waals surface area contributed by atoms with Crippen molar-refractivity contribution in [2.45, 2.75) is 6.18 Å². The Morgan fingerprint density at radius 2 is 2.00 bits per heavy atom. The number of rotatable bonds is 1. The molecule has 1 heterocycles. The SMILES string of the molecule is FC(F)(F)c1ccc(Br)c(-c2nccs2)c1. The lowest BCUT2D eigenvalue weighted by atomic mass is 10.1. The second kappa shape index (κ2) is 4.18. The third kappa shape index (κ3) is 2.27. The van der Waals surface area contributed by atoms with Crippen molar-refractivity contribution in [3.8, 4) is 10.6 Å². The molecule has 1 aromatic carbocycles. The van der Waals surface area contributed by atoms with E-state index in [0.29, 0.717) is 15.0 Å². The van der Waals surface area contributed by atoms with Crippen LogP contribution < -0.4 is 0 Å². The maximum Gasteiger partial charge on any atom is 0.416 e. The molecule has 6 heteroatoms. The molecule has 0 aliphatic rings. The number of benzene rings is 1. The zero-order valence-electron chi connectivity index (χ0n) is 7.75. The Morgan fingerprint density at radius 3 is 2.56 bits per heavy atom. The summed E-state index contributed by atoms with van der Waals surface area (Å²) >= 11 is 4.52. The standard InChI is InChI=1S/C10H5BrF3NS/c11-8-2-1-6(10(12,13)14)5-7(8)9-15-3-4-16-9/h1-5H. The van der Waals surface area contributed by atoms with Crippen LogP contribution >= 0.6 is 27.3 Å². The lowest BCUT2D eigenvalue weighted by Crippen LogP contribution is -2.04. The summed E-state index contributed by atoms with van der Waals surface area (Å²) in [5.74, 6) is 0. The van der Waals surface area contributed by atoms with Crippen LogP contribution in [0.15, 0.2) is 34.2 Å². The molecule has 1 aromatic heterocycles. The van der Waals surface area contributed by atoms with E-state index in [9.17, 15) is 13.2 Å². The van der Waals surface area contributed by atoms with E-state index in [0.717, 1.165) is 12.1 Å². The third-order valence-electron chi connectivity index (χ3n) is 1.96. The van der Waals surface area contributed by atoms with Gasteiger partial charge in [0.2, 0.25) is 0 Å². The average Bonchev–Trinajstić information content (AvgIpc) is 2.69. The first-order valence-corrected chi connectivity index (χ1v) is 5.92. The van der Waals surface area contributed by atoms with E-state index < -0.39 is 11.7 Å². The predicted molar refractivity (Wildman–Crippen MR) is 60.3 cm³/mol. The summed E-state index contributed by atoms with van der Waals surface area (Å²) < 4.78 is 38.1. The molecule has 1 nitrogen and oxygen atoms in total. The number of hydrogen-bond donors (Lipinski definition) is 0. The van der Waals surface area contributed by atoms with E-state index in [-0.39, 0.29) is 0 Å². The van der Waals surface area contributed by atoms with Gasteiger partial charge in [0, 0.05) is 21.6 Å². The molecule has 0 amide bonds. The van der Waals surface area contributed by atoms with Crippen molar-refractivity contribution >= 4 is 27.3 Å². The molecule has 2 rings (SSSR count). The molecule has 0 aliphatic carbocycles. The normalized spacial score (nSPS) is 11.8. The molecule has 0 bridgehead atoms. The van der Waals surface area contributed by atoms with Gasteiger partial charge in [-0.3, -0.25) is 0 Å². The van der Waals surface area contributed by atoms with Crippen molar-refractivity contribution in [2.24, 2.45) is 0 Å². The highest BCUT2D eigenvalue weighted by molar-refractivity contribution is 9.10. The summed E-state index contributed by atoms with van der Waals surface area (Å²) in [6.45, 7) is 0. The zero-order chi connectivity index (χ0) is 11.8. The largest absolute Gasteiger partial charge is 0.416 e. The summed E-state index contributed by atoms with van der Waals surface area (Å²) in [6.07, 6.45) is -2.76. The molecule has 0 unspecified atom stereocenters. The van der Waals surface area contributed by atoms with Gasteiger partial charge in [-0.25, -0.2) is 4.98 Å². The Morgan fingerprint density at radius 1 is 1.25 bits per heavy atom. The van der Waals surface area contributed by atoms with E-state index in [1.54, 1.807) is 11.6 Å². The summed E-state index contributed by atoms with van der Waals surface area (Å²) in [4.78, 5) is 3.99. The van der Waals surface area contributed by atoms with Crippen LogP contribution in [0.25, 0.3) is 10.6 Å². The van der Waals surface area contributed by atoms with Crippen LogP contribution in [-0.4, -0.2) is 4.98 Å². The Kier molecular flexibility index (Phi) is 3.03. The second-order valence-corrected chi connectivity index (χ2v) is 4.78. The number of nitrogens with zero attached hydrogens (tertiary/aromatic N) is 1. The maximum atomic E-state index is 12.5. The van der Waals surface area contributed by atoms with Crippen LogP contribution in [0.5, 0.6) is 0 Å². The van der Waals surface area contributed by atoms with Gasteiger partial charge in [0.25, 0.3) is 0 Å². The smallest absolute Gasteiger partial charge is 0.245 e. The first-order valence-electron chi connectivity index (χ1n) is 4.25. The lowest BCUT2D eigenvalue weighted by molar-refractivity contribution is -0.137. The van der Waals surface area contributed by atoms with Gasteiger partial charge in [-0.15, -0.1) is 11.3 Å². The van der Waals surface area contributed by atoms with E-state index in [1.165, 1.54) is 17.4 Å². The molecular weight excluding hydrogens is 303 g/mol. The molecule has 2 aromatic rings. The molecule has 0 aliphatic heterocycles. The van der Waals surface area contributed by atoms with Crippen LogP contribution in [0.2, 0.25) is 0 Å². The fraction of sp³-hybridized carbons (Fsp3) is 0.100. The van der Waals surface area contributed by atoms with Crippen LogP contribution in [0.1, 0.15) is 5.56 Å². The van der Waals surface area contributed by atoms with Crippen LogP contribution in [-0.2, 0) is 6.18 Å². The van der Waals surface area contributed by atoms with Crippen molar-refractivity contribution in [3.63, 3.8) is 0 Å². The van der Waals surface area contributed by atoms with Gasteiger partial charge < -0.3 is 0 Å². The van der Waals surface area contributed by atoms with Crippen molar-refractivity contribution in [1.82, 2.24) is 4.98 Å². The van der Waals surface area contributed by atoms with Crippen LogP contribution in [0.4, 0.5) is 13.2 Å². The fourth-order valence-corrected chi connectivity index (χ4v) is 2.46. The van der Waals surface area contributed by atoms with Gasteiger partial charge >= 0.3 is 6.18 Å². The zero-order valence-corrected chi connectivity index (χ0v) is 10.2. The topological polar surface area (TPSA) is 12.9 Å². The number of thiazole rings is 1. The Bertz CT molecular complexity index is 493. The Hall–Kier alpha value is -0.880. The number of aromatic nitrogens is 1. The molecule has 84 valence electrons. The van der Waals surface area contributed by atoms with E-state index in [4.69, 9.17) is 0 Å². The number of alkyl halides is 3. The summed E-state index contributed by atoms with van der Waals surface area (Å²) in [5, 5.41) is 2.29. The van der Waals surface area contributed by atoms with Crippen molar-refractivity contribution in [3.05, 3.63) is 39.8 Å². The lowest BCUT2D eigenvalue weighted by Gasteiger charge is -2.08. The highest BCUT2D eigenvalue weighted by Crippen LogP contribution is 2.36. The summed E-state index contributed by atoms with van der Waals surface area (Å²) in [6, 6.07) is 3.53. The molecular formula is C10H5BrF3NS. The Labute approximate surface area is 102 Å². The maximum absolute atomic E-state index is 12.5. The predicted octanol–water partition coefficient (Wildman–Crippen LogP) is 4.59. The molecule has 0 N–H and O–H groups in total.